The zero-order chi connectivity index (χ0) is 9.54. The number of ketones is 1. The normalized spacial score (nSPS) is 37.0. The molecule has 1 N–H and O–H groups in total. The van der Waals surface area contributed by atoms with Crippen LogP contribution in [0.1, 0.15) is 44.9 Å². The second-order valence-corrected chi connectivity index (χ2v) is 4.83. The van der Waals surface area contributed by atoms with E-state index >= 15 is 0 Å². The van der Waals surface area contributed by atoms with E-state index in [1.54, 1.807) is 0 Å². The van der Waals surface area contributed by atoms with Gasteiger partial charge in [-0.05, 0) is 38.5 Å². The number of allylic oxidation sites excluding steroid dienone is 1. The molecule has 0 spiro atoms. The SMILES string of the molecule is O=C1CCCC2=C1C1CCC(CC2)N1. The van der Waals surface area contributed by atoms with E-state index in [-0.39, 0.29) is 0 Å². The van der Waals surface area contributed by atoms with Gasteiger partial charge in [-0.2, -0.15) is 0 Å². The first-order valence-electron chi connectivity index (χ1n) is 5.86. The van der Waals surface area contributed by atoms with Crippen molar-refractivity contribution in [2.45, 2.75) is 57.0 Å². The van der Waals surface area contributed by atoms with Crippen LogP contribution in [0.4, 0.5) is 0 Å². The van der Waals surface area contributed by atoms with Crippen LogP contribution in [0.3, 0.4) is 0 Å². The first-order valence-corrected chi connectivity index (χ1v) is 5.86. The molecule has 2 bridgehead atoms. The molecule has 2 aliphatic heterocycles. The highest BCUT2D eigenvalue weighted by Gasteiger charge is 2.35. The summed E-state index contributed by atoms with van der Waals surface area (Å²) in [7, 11) is 0. The number of Topliss-reactive ketones (excluding diaryl/α,β-unsaturated/α-hetero) is 1. The molecule has 76 valence electrons. The fourth-order valence-electron chi connectivity index (χ4n) is 3.25. The maximum atomic E-state index is 11.9. The summed E-state index contributed by atoms with van der Waals surface area (Å²) in [5, 5.41) is 3.60. The Bertz CT molecular complexity index is 305. The van der Waals surface area contributed by atoms with Crippen molar-refractivity contribution in [2.75, 3.05) is 0 Å². The van der Waals surface area contributed by atoms with Crippen molar-refractivity contribution in [3.63, 3.8) is 0 Å². The van der Waals surface area contributed by atoms with Gasteiger partial charge in [0.05, 0.1) is 0 Å². The molecule has 3 aliphatic rings. The molecule has 2 unspecified atom stereocenters. The minimum Gasteiger partial charge on any atom is -0.307 e. The van der Waals surface area contributed by atoms with E-state index < -0.39 is 0 Å². The minimum atomic E-state index is 0.422. The number of hydrogen-bond donors (Lipinski definition) is 1. The average Bonchev–Trinajstić information content (AvgIpc) is 2.53. The number of fused-ring (bicyclic) bond motifs is 3. The maximum Gasteiger partial charge on any atom is 0.160 e. The molecular weight excluding hydrogens is 174 g/mol. The summed E-state index contributed by atoms with van der Waals surface area (Å²) in [6, 6.07) is 1.11. The predicted octanol–water partition coefficient (Wildman–Crippen LogP) is 1.95. The van der Waals surface area contributed by atoms with E-state index in [2.05, 4.69) is 5.32 Å². The third-order valence-corrected chi connectivity index (χ3v) is 3.95. The van der Waals surface area contributed by atoms with Crippen LogP contribution in [0.15, 0.2) is 11.1 Å². The quantitative estimate of drug-likeness (QED) is 0.634. The van der Waals surface area contributed by atoms with Gasteiger partial charge < -0.3 is 5.32 Å². The van der Waals surface area contributed by atoms with E-state index in [1.165, 1.54) is 43.3 Å². The summed E-state index contributed by atoms with van der Waals surface area (Å²) in [6.07, 6.45) is 7.96. The molecule has 2 nitrogen and oxygen atoms in total. The monoisotopic (exact) mass is 191 g/mol. The number of nitrogens with one attached hydrogen (secondary N) is 1. The van der Waals surface area contributed by atoms with Crippen molar-refractivity contribution in [2.24, 2.45) is 0 Å². The minimum absolute atomic E-state index is 0.422. The topological polar surface area (TPSA) is 29.1 Å². The van der Waals surface area contributed by atoms with Gasteiger partial charge in [-0.3, -0.25) is 4.79 Å². The van der Waals surface area contributed by atoms with Crippen molar-refractivity contribution in [3.05, 3.63) is 11.1 Å². The Morgan fingerprint density at radius 3 is 2.93 bits per heavy atom. The zero-order valence-corrected chi connectivity index (χ0v) is 8.51. The lowest BCUT2D eigenvalue weighted by Gasteiger charge is -2.22. The molecule has 14 heavy (non-hydrogen) atoms. The smallest absolute Gasteiger partial charge is 0.160 e. The van der Waals surface area contributed by atoms with Crippen molar-refractivity contribution in [1.82, 2.24) is 5.32 Å². The third kappa shape index (κ3) is 1.24. The third-order valence-electron chi connectivity index (χ3n) is 3.95. The number of carbonyl (C=O) groups excluding carboxylic acids is 1. The Morgan fingerprint density at radius 1 is 1.07 bits per heavy atom. The molecule has 2 atom stereocenters. The fraction of sp³-hybridized carbons (Fsp3) is 0.750. The van der Waals surface area contributed by atoms with Gasteiger partial charge in [0.25, 0.3) is 0 Å². The fourth-order valence-corrected chi connectivity index (χ4v) is 3.25. The van der Waals surface area contributed by atoms with Crippen LogP contribution in [0.25, 0.3) is 0 Å². The summed E-state index contributed by atoms with van der Waals surface area (Å²) in [4.78, 5) is 11.9. The second-order valence-electron chi connectivity index (χ2n) is 4.83. The van der Waals surface area contributed by atoms with E-state index in [1.807, 2.05) is 0 Å². The van der Waals surface area contributed by atoms with Gasteiger partial charge in [0, 0.05) is 24.1 Å². The largest absolute Gasteiger partial charge is 0.307 e. The standard InChI is InChI=1S/C12H17NO/c14-11-3-1-2-8-4-5-9-6-7-10(13-9)12(8)11/h9-10,13H,1-7H2. The molecule has 2 heteroatoms. The molecule has 1 saturated heterocycles. The van der Waals surface area contributed by atoms with Gasteiger partial charge in [0.1, 0.15) is 0 Å². The Kier molecular flexibility index (Phi) is 1.98. The van der Waals surface area contributed by atoms with Crippen LogP contribution < -0.4 is 5.32 Å². The summed E-state index contributed by atoms with van der Waals surface area (Å²) >= 11 is 0. The lowest BCUT2D eigenvalue weighted by molar-refractivity contribution is -0.116. The molecule has 0 aromatic carbocycles. The second kappa shape index (κ2) is 3.20. The van der Waals surface area contributed by atoms with Crippen molar-refractivity contribution >= 4 is 5.78 Å². The van der Waals surface area contributed by atoms with Crippen LogP contribution in [0, 0.1) is 0 Å². The van der Waals surface area contributed by atoms with Crippen LogP contribution in [0.5, 0.6) is 0 Å². The lowest BCUT2D eigenvalue weighted by Crippen LogP contribution is -2.32. The summed E-state index contributed by atoms with van der Waals surface area (Å²) in [5.74, 6) is 0.436. The lowest BCUT2D eigenvalue weighted by atomic mass is 9.83. The highest BCUT2D eigenvalue weighted by atomic mass is 16.1. The van der Waals surface area contributed by atoms with Crippen molar-refractivity contribution in [3.8, 4) is 0 Å². The molecule has 0 aromatic heterocycles. The van der Waals surface area contributed by atoms with Gasteiger partial charge in [0.15, 0.2) is 5.78 Å². The van der Waals surface area contributed by atoms with Gasteiger partial charge in [-0.1, -0.05) is 5.57 Å². The van der Waals surface area contributed by atoms with Crippen LogP contribution >= 0.6 is 0 Å². The van der Waals surface area contributed by atoms with Gasteiger partial charge in [0.2, 0.25) is 0 Å². The Labute approximate surface area is 84.8 Å². The van der Waals surface area contributed by atoms with E-state index in [0.29, 0.717) is 17.9 Å². The van der Waals surface area contributed by atoms with Crippen LogP contribution in [-0.2, 0) is 4.79 Å². The summed E-state index contributed by atoms with van der Waals surface area (Å²) in [6.45, 7) is 0. The highest BCUT2D eigenvalue weighted by molar-refractivity contribution is 5.98. The van der Waals surface area contributed by atoms with E-state index in [9.17, 15) is 4.79 Å². The van der Waals surface area contributed by atoms with E-state index in [0.717, 1.165) is 12.8 Å². The molecule has 0 radical (unpaired) electrons. The molecule has 2 heterocycles. The van der Waals surface area contributed by atoms with Gasteiger partial charge >= 0.3 is 0 Å². The molecule has 0 saturated carbocycles. The Balaban J connectivity index is 1.99. The molecule has 0 aromatic rings. The Morgan fingerprint density at radius 2 is 2.00 bits per heavy atom. The molecule has 0 amide bonds. The van der Waals surface area contributed by atoms with E-state index in [4.69, 9.17) is 0 Å². The zero-order valence-electron chi connectivity index (χ0n) is 8.51. The van der Waals surface area contributed by atoms with Crippen molar-refractivity contribution < 1.29 is 4.79 Å². The Hall–Kier alpha value is -0.630. The molecule has 1 aliphatic carbocycles. The van der Waals surface area contributed by atoms with Crippen LogP contribution in [-0.4, -0.2) is 17.9 Å². The number of rotatable bonds is 0. The summed E-state index contributed by atoms with van der Waals surface area (Å²) < 4.78 is 0. The molecule has 1 fully saturated rings. The summed E-state index contributed by atoms with van der Waals surface area (Å²) in [5.41, 5.74) is 2.68. The first-order chi connectivity index (χ1) is 6.84. The van der Waals surface area contributed by atoms with Gasteiger partial charge in [-0.15, -0.1) is 0 Å². The van der Waals surface area contributed by atoms with Crippen LogP contribution in [0.2, 0.25) is 0 Å². The molecule has 3 rings (SSSR count). The van der Waals surface area contributed by atoms with Gasteiger partial charge in [-0.25, -0.2) is 0 Å². The first kappa shape index (κ1) is 8.66. The maximum absolute atomic E-state index is 11.9. The predicted molar refractivity (Wildman–Crippen MR) is 55.1 cm³/mol. The number of hydrogen-bond acceptors (Lipinski definition) is 2. The average molecular weight is 191 g/mol. The molecular formula is C12H17NO. The number of carbonyl (C=O) groups is 1. The van der Waals surface area contributed by atoms with Crippen molar-refractivity contribution in [1.29, 1.82) is 0 Å². The highest BCUT2D eigenvalue weighted by Crippen LogP contribution is 2.36.